The van der Waals surface area contributed by atoms with Crippen LogP contribution in [0.1, 0.15) is 66.2 Å². The van der Waals surface area contributed by atoms with Crippen LogP contribution in [0.4, 0.5) is 0 Å². The Balaban J connectivity index is 2.05. The van der Waals surface area contributed by atoms with Gasteiger partial charge in [0, 0.05) is 18.2 Å². The number of nitrogens with zero attached hydrogens (tertiary/aromatic N) is 1. The van der Waals surface area contributed by atoms with Crippen LogP contribution in [0.25, 0.3) is 0 Å². The van der Waals surface area contributed by atoms with E-state index in [9.17, 15) is 19.0 Å². The number of aromatic amines is 1. The van der Waals surface area contributed by atoms with E-state index in [-0.39, 0.29) is 5.41 Å². The molecule has 0 radical (unpaired) electrons. The number of rotatable bonds is 5. The van der Waals surface area contributed by atoms with Crippen molar-refractivity contribution < 1.29 is 28.0 Å². The number of ether oxygens (including phenoxy) is 2. The Morgan fingerprint density at radius 1 is 1.29 bits per heavy atom. The molecule has 2 unspecified atom stereocenters. The van der Waals surface area contributed by atoms with Gasteiger partial charge < -0.3 is 14.4 Å². The summed E-state index contributed by atoms with van der Waals surface area (Å²) in [5.74, 6) is 0. The summed E-state index contributed by atoms with van der Waals surface area (Å²) in [6.45, 7) is 13.0. The molecule has 1 aromatic heterocycles. The highest BCUT2D eigenvalue weighted by Gasteiger charge is 2.62. The van der Waals surface area contributed by atoms with E-state index in [0.29, 0.717) is 25.0 Å². The first kappa shape index (κ1) is 24.4. The number of aryl methyl sites for hydroxylation is 1. The van der Waals surface area contributed by atoms with Crippen molar-refractivity contribution >= 4 is 7.82 Å². The molecule has 2 N–H and O–H groups in total. The average Bonchev–Trinajstić information content (AvgIpc) is 2.70. The molecule has 3 heterocycles. The number of hydrogen-bond donors (Lipinski definition) is 2. The summed E-state index contributed by atoms with van der Waals surface area (Å²) in [6.07, 6.45) is -0.428. The predicted molar refractivity (Wildman–Crippen MR) is 113 cm³/mol. The topological polar surface area (TPSA) is 129 Å². The molecule has 0 aliphatic carbocycles. The molecule has 2 aliphatic heterocycles. The van der Waals surface area contributed by atoms with E-state index >= 15 is 0 Å². The smallest absolute Gasteiger partial charge is 0.371 e. The third kappa shape index (κ3) is 5.38. The molecule has 10 nitrogen and oxygen atoms in total. The van der Waals surface area contributed by atoms with Crippen molar-refractivity contribution in [3.05, 3.63) is 32.6 Å². The van der Waals surface area contributed by atoms with Crippen LogP contribution in [0.15, 0.2) is 15.8 Å². The lowest BCUT2D eigenvalue weighted by atomic mass is 9.76. The van der Waals surface area contributed by atoms with E-state index < -0.39 is 48.7 Å². The summed E-state index contributed by atoms with van der Waals surface area (Å²) < 4.78 is 37.3. The second-order valence-electron chi connectivity index (χ2n) is 10.6. The van der Waals surface area contributed by atoms with Crippen LogP contribution in [0, 0.1) is 12.3 Å². The lowest BCUT2D eigenvalue weighted by Crippen LogP contribution is -2.52. The quantitative estimate of drug-likeness (QED) is 0.642. The lowest BCUT2D eigenvalue weighted by molar-refractivity contribution is -0.138. The van der Waals surface area contributed by atoms with Crippen molar-refractivity contribution in [3.8, 4) is 0 Å². The Morgan fingerprint density at radius 2 is 1.94 bits per heavy atom. The van der Waals surface area contributed by atoms with E-state index in [2.05, 4.69) is 4.98 Å². The summed E-state index contributed by atoms with van der Waals surface area (Å²) in [6, 6.07) is 0. The fourth-order valence-corrected chi connectivity index (χ4v) is 5.68. The molecule has 1 aromatic rings. The van der Waals surface area contributed by atoms with Gasteiger partial charge in [-0.25, -0.2) is 9.36 Å². The maximum atomic E-state index is 12.8. The molecule has 176 valence electrons. The number of phosphoric ester groups is 1. The summed E-state index contributed by atoms with van der Waals surface area (Å²) >= 11 is 0. The van der Waals surface area contributed by atoms with Crippen LogP contribution in [-0.4, -0.2) is 44.5 Å². The molecular weight excluding hydrogens is 427 g/mol. The zero-order chi connectivity index (χ0) is 23.4. The molecular formula is C20H33N2O8P. The number of aromatic nitrogens is 2. The first-order chi connectivity index (χ1) is 14.0. The van der Waals surface area contributed by atoms with Gasteiger partial charge in [0.1, 0.15) is 17.8 Å². The summed E-state index contributed by atoms with van der Waals surface area (Å²) in [7, 11) is -4.48. The minimum atomic E-state index is -4.48. The molecule has 2 fully saturated rings. The maximum absolute atomic E-state index is 12.8. The van der Waals surface area contributed by atoms with Gasteiger partial charge in [0.05, 0.1) is 12.2 Å². The number of nitrogens with one attached hydrogen (secondary N) is 1. The Hall–Kier alpha value is -1.29. The highest BCUT2D eigenvalue weighted by atomic mass is 31.2. The van der Waals surface area contributed by atoms with Crippen molar-refractivity contribution in [2.75, 3.05) is 6.61 Å². The molecule has 11 heteroatoms. The van der Waals surface area contributed by atoms with E-state index in [1.165, 1.54) is 10.8 Å². The Morgan fingerprint density at radius 3 is 2.52 bits per heavy atom. The van der Waals surface area contributed by atoms with Gasteiger partial charge in [-0.1, -0.05) is 20.8 Å². The molecule has 0 aromatic carbocycles. The monoisotopic (exact) mass is 460 g/mol. The van der Waals surface area contributed by atoms with Crippen LogP contribution in [0.5, 0.6) is 0 Å². The molecule has 2 saturated heterocycles. The van der Waals surface area contributed by atoms with Gasteiger partial charge in [-0.3, -0.25) is 23.4 Å². The van der Waals surface area contributed by atoms with Crippen LogP contribution in [-0.2, 0) is 23.1 Å². The fourth-order valence-electron chi connectivity index (χ4n) is 4.35. The number of H-pyrrole nitrogens is 1. The third-order valence-corrected chi connectivity index (χ3v) is 6.45. The normalized spacial score (nSPS) is 30.9. The van der Waals surface area contributed by atoms with Gasteiger partial charge in [0.25, 0.3) is 5.56 Å². The van der Waals surface area contributed by atoms with Gasteiger partial charge in [0.2, 0.25) is 0 Å². The Kier molecular flexibility index (Phi) is 6.23. The molecule has 5 atom stereocenters. The van der Waals surface area contributed by atoms with E-state index in [1.54, 1.807) is 27.7 Å². The predicted octanol–water partition coefficient (Wildman–Crippen LogP) is 2.64. The Bertz CT molecular complexity index is 989. The summed E-state index contributed by atoms with van der Waals surface area (Å²) in [5, 5.41) is 0. The Labute approximate surface area is 181 Å². The van der Waals surface area contributed by atoms with Crippen molar-refractivity contribution in [1.82, 2.24) is 9.55 Å². The van der Waals surface area contributed by atoms with Crippen molar-refractivity contribution in [2.45, 2.75) is 90.9 Å². The first-order valence-electron chi connectivity index (χ1n) is 10.4. The molecule has 0 amide bonds. The SMILES string of the molecule is Cc1cn([C@@H]2O[C@@]3(CC(C)(C)C)CCOC2[C@H]3OP(=O)(O)OC(C)(C)C)c(=O)[nH]c1=O. The molecule has 3 rings (SSSR count). The highest BCUT2D eigenvalue weighted by molar-refractivity contribution is 7.47. The minimum Gasteiger partial charge on any atom is -0.371 e. The van der Waals surface area contributed by atoms with Gasteiger partial charge in [-0.2, -0.15) is 0 Å². The first-order valence-corrected chi connectivity index (χ1v) is 11.9. The number of phosphoric acid groups is 1. The molecule has 2 aliphatic rings. The largest absolute Gasteiger partial charge is 0.473 e. The van der Waals surface area contributed by atoms with Crippen LogP contribution in [0.3, 0.4) is 0 Å². The van der Waals surface area contributed by atoms with E-state index in [0.717, 1.165) is 0 Å². The van der Waals surface area contributed by atoms with E-state index in [1.807, 2.05) is 20.8 Å². The number of fused-ring (bicyclic) bond motifs is 2. The van der Waals surface area contributed by atoms with Crippen LogP contribution in [0.2, 0.25) is 0 Å². The van der Waals surface area contributed by atoms with Gasteiger partial charge >= 0.3 is 13.5 Å². The van der Waals surface area contributed by atoms with Crippen LogP contribution < -0.4 is 11.2 Å². The average molecular weight is 460 g/mol. The van der Waals surface area contributed by atoms with Crippen molar-refractivity contribution in [1.29, 1.82) is 0 Å². The second-order valence-corrected chi connectivity index (χ2v) is 11.9. The zero-order valence-electron chi connectivity index (χ0n) is 19.1. The molecule has 0 spiro atoms. The zero-order valence-corrected chi connectivity index (χ0v) is 20.0. The standard InChI is InChI=1S/C20H33N2O8P/c1-12-10-22(17(24)21-15(12)23)16-13-14(29-31(25,26)30-19(5,6)7)20(28-16,8-9-27-13)11-18(2,3)4/h10,13-14,16H,8-9,11H2,1-7H3,(H,25,26)(H,21,23,24)/t13?,14-,16-,20-/m1/s1. The van der Waals surface area contributed by atoms with Crippen LogP contribution >= 0.6 is 7.82 Å². The minimum absolute atomic E-state index is 0.214. The van der Waals surface area contributed by atoms with Gasteiger partial charge in [-0.15, -0.1) is 0 Å². The van der Waals surface area contributed by atoms with Crippen molar-refractivity contribution in [3.63, 3.8) is 0 Å². The van der Waals surface area contributed by atoms with Gasteiger partial charge in [0.15, 0.2) is 6.23 Å². The van der Waals surface area contributed by atoms with Crippen molar-refractivity contribution in [2.24, 2.45) is 5.41 Å². The summed E-state index contributed by atoms with van der Waals surface area (Å²) in [5.41, 5.74) is -2.92. The molecule has 31 heavy (non-hydrogen) atoms. The summed E-state index contributed by atoms with van der Waals surface area (Å²) in [4.78, 5) is 37.1. The second kappa shape index (κ2) is 7.93. The highest BCUT2D eigenvalue weighted by Crippen LogP contribution is 2.57. The van der Waals surface area contributed by atoms with Gasteiger partial charge in [-0.05, 0) is 39.5 Å². The number of hydrogen-bond acceptors (Lipinski definition) is 7. The lowest BCUT2D eigenvalue weighted by Gasteiger charge is -2.42. The fraction of sp³-hybridized carbons (Fsp3) is 0.800. The third-order valence-electron chi connectivity index (χ3n) is 5.17. The molecule has 2 bridgehead atoms. The molecule has 0 saturated carbocycles. The maximum Gasteiger partial charge on any atom is 0.473 e. The van der Waals surface area contributed by atoms with E-state index in [4.69, 9.17) is 18.5 Å².